The van der Waals surface area contributed by atoms with Crippen molar-refractivity contribution in [3.05, 3.63) is 28.0 Å². The molecule has 1 aliphatic heterocycles. The first kappa shape index (κ1) is 15.0. The summed E-state index contributed by atoms with van der Waals surface area (Å²) in [7, 11) is -2.02. The van der Waals surface area contributed by atoms with E-state index >= 15 is 0 Å². The van der Waals surface area contributed by atoms with Crippen molar-refractivity contribution < 1.29 is 12.8 Å². The van der Waals surface area contributed by atoms with E-state index in [-0.39, 0.29) is 16.0 Å². The molecule has 0 bridgehead atoms. The molecule has 1 fully saturated rings. The average Bonchev–Trinajstić information content (AvgIpc) is 2.85. The zero-order valence-electron chi connectivity index (χ0n) is 10.2. The van der Waals surface area contributed by atoms with Crippen LogP contribution in [0.5, 0.6) is 0 Å². The Kier molecular flexibility index (Phi) is 4.37. The maximum Gasteiger partial charge on any atom is 0.244 e. The molecule has 1 heterocycles. The van der Waals surface area contributed by atoms with Gasteiger partial charge in [0, 0.05) is 19.1 Å². The van der Waals surface area contributed by atoms with Gasteiger partial charge in [0.15, 0.2) is 5.82 Å². The van der Waals surface area contributed by atoms with Gasteiger partial charge in [0.2, 0.25) is 10.0 Å². The average molecular weight is 327 g/mol. The number of benzene rings is 1. The summed E-state index contributed by atoms with van der Waals surface area (Å²) in [5.41, 5.74) is 0. The molecule has 1 saturated heterocycles. The summed E-state index contributed by atoms with van der Waals surface area (Å²) in [6.45, 7) is 0.730. The second kappa shape index (κ2) is 5.54. The van der Waals surface area contributed by atoms with Gasteiger partial charge in [-0.05, 0) is 25.6 Å². The Bertz CT molecular complexity index is 595. The standard InChI is InChI=1S/C11H13Cl2FN2O2S/c1-15-7-4-5-16(6-7)19(17,18)9-3-2-8(12)11(14)10(9)13/h2-3,7,15H,4-6H2,1H3. The Morgan fingerprint density at radius 3 is 2.68 bits per heavy atom. The van der Waals surface area contributed by atoms with Crippen LogP contribution in [-0.4, -0.2) is 38.9 Å². The van der Waals surface area contributed by atoms with Crippen molar-refractivity contribution >= 4 is 33.2 Å². The van der Waals surface area contributed by atoms with Crippen LogP contribution in [0.25, 0.3) is 0 Å². The van der Waals surface area contributed by atoms with E-state index < -0.39 is 20.9 Å². The van der Waals surface area contributed by atoms with Gasteiger partial charge < -0.3 is 5.32 Å². The predicted octanol–water partition coefficient (Wildman–Crippen LogP) is 2.11. The summed E-state index contributed by atoms with van der Waals surface area (Å²) >= 11 is 11.3. The zero-order chi connectivity index (χ0) is 14.2. The summed E-state index contributed by atoms with van der Waals surface area (Å²) in [6.07, 6.45) is 0.712. The van der Waals surface area contributed by atoms with E-state index in [0.717, 1.165) is 0 Å². The normalized spacial score (nSPS) is 20.9. The van der Waals surface area contributed by atoms with Gasteiger partial charge in [-0.25, -0.2) is 12.8 Å². The van der Waals surface area contributed by atoms with E-state index in [2.05, 4.69) is 5.32 Å². The summed E-state index contributed by atoms with van der Waals surface area (Å²) in [6, 6.07) is 2.53. The second-order valence-corrected chi connectivity index (χ2v) is 7.00. The molecule has 1 aromatic carbocycles. The van der Waals surface area contributed by atoms with Gasteiger partial charge in [0.05, 0.1) is 10.0 Å². The quantitative estimate of drug-likeness (QED) is 0.865. The van der Waals surface area contributed by atoms with Gasteiger partial charge in [-0.2, -0.15) is 4.31 Å². The predicted molar refractivity (Wildman–Crippen MR) is 72.6 cm³/mol. The molecule has 0 radical (unpaired) electrons. The summed E-state index contributed by atoms with van der Waals surface area (Å²) in [4.78, 5) is -0.243. The molecule has 0 saturated carbocycles. The lowest BCUT2D eigenvalue weighted by Gasteiger charge is -2.17. The Hall–Kier alpha value is -0.400. The molecule has 106 valence electrons. The fourth-order valence-corrected chi connectivity index (χ4v) is 4.25. The second-order valence-electron chi connectivity index (χ2n) is 4.31. The minimum atomic E-state index is -3.79. The first-order chi connectivity index (χ1) is 8.87. The molecular formula is C11H13Cl2FN2O2S. The van der Waals surface area contributed by atoms with Crippen LogP contribution in [-0.2, 0) is 10.0 Å². The van der Waals surface area contributed by atoms with Gasteiger partial charge in [-0.3, -0.25) is 0 Å². The Morgan fingerprint density at radius 1 is 1.42 bits per heavy atom. The monoisotopic (exact) mass is 326 g/mol. The number of sulfonamides is 1. The third-order valence-electron chi connectivity index (χ3n) is 3.18. The maximum absolute atomic E-state index is 13.6. The van der Waals surface area contributed by atoms with Crippen molar-refractivity contribution in [1.82, 2.24) is 9.62 Å². The van der Waals surface area contributed by atoms with Crippen molar-refractivity contribution in [3.8, 4) is 0 Å². The molecule has 0 spiro atoms. The molecule has 1 N–H and O–H groups in total. The van der Waals surface area contributed by atoms with Crippen LogP contribution < -0.4 is 5.32 Å². The van der Waals surface area contributed by atoms with Gasteiger partial charge in [-0.15, -0.1) is 0 Å². The number of nitrogens with zero attached hydrogens (tertiary/aromatic N) is 1. The van der Waals surface area contributed by atoms with Crippen LogP contribution in [0, 0.1) is 5.82 Å². The lowest BCUT2D eigenvalue weighted by molar-refractivity contribution is 0.464. The van der Waals surface area contributed by atoms with Crippen molar-refractivity contribution in [2.75, 3.05) is 20.1 Å². The van der Waals surface area contributed by atoms with Crippen molar-refractivity contribution in [1.29, 1.82) is 0 Å². The molecule has 19 heavy (non-hydrogen) atoms. The largest absolute Gasteiger partial charge is 0.316 e. The topological polar surface area (TPSA) is 49.4 Å². The summed E-state index contributed by atoms with van der Waals surface area (Å²) in [5.74, 6) is -0.909. The number of likely N-dealkylation sites (N-methyl/N-ethyl adjacent to an activating group) is 1. The summed E-state index contributed by atoms with van der Waals surface area (Å²) in [5, 5.41) is 2.36. The van der Waals surface area contributed by atoms with E-state index in [0.29, 0.717) is 19.5 Å². The fraction of sp³-hybridized carbons (Fsp3) is 0.455. The van der Waals surface area contributed by atoms with E-state index in [1.165, 1.54) is 16.4 Å². The van der Waals surface area contributed by atoms with Crippen LogP contribution in [0.3, 0.4) is 0 Å². The molecule has 1 aliphatic rings. The SMILES string of the molecule is CNC1CCN(S(=O)(=O)c2ccc(Cl)c(F)c2Cl)C1. The maximum atomic E-state index is 13.6. The third-order valence-corrected chi connectivity index (χ3v) is 5.86. The smallest absolute Gasteiger partial charge is 0.244 e. The van der Waals surface area contributed by atoms with E-state index in [1.54, 1.807) is 7.05 Å². The lowest BCUT2D eigenvalue weighted by Crippen LogP contribution is -2.33. The number of rotatable bonds is 3. The number of nitrogens with one attached hydrogen (secondary N) is 1. The van der Waals surface area contributed by atoms with E-state index in [1.807, 2.05) is 0 Å². The highest BCUT2D eigenvalue weighted by Crippen LogP contribution is 2.32. The van der Waals surface area contributed by atoms with Crippen LogP contribution in [0.4, 0.5) is 4.39 Å². The van der Waals surface area contributed by atoms with Crippen molar-refractivity contribution in [2.24, 2.45) is 0 Å². The van der Waals surface area contributed by atoms with Gasteiger partial charge >= 0.3 is 0 Å². The molecule has 1 unspecified atom stereocenters. The van der Waals surface area contributed by atoms with Crippen LogP contribution >= 0.6 is 23.2 Å². The number of halogens is 3. The van der Waals surface area contributed by atoms with E-state index in [9.17, 15) is 12.8 Å². The molecule has 1 aromatic rings. The van der Waals surface area contributed by atoms with Crippen LogP contribution in [0.2, 0.25) is 10.0 Å². The Morgan fingerprint density at radius 2 is 2.11 bits per heavy atom. The molecule has 1 atom stereocenters. The van der Waals surface area contributed by atoms with Crippen LogP contribution in [0.15, 0.2) is 17.0 Å². The molecular weight excluding hydrogens is 314 g/mol. The Labute approximate surface area is 121 Å². The molecule has 0 aromatic heterocycles. The third kappa shape index (κ3) is 2.73. The van der Waals surface area contributed by atoms with Crippen molar-refractivity contribution in [3.63, 3.8) is 0 Å². The molecule has 2 rings (SSSR count). The molecule has 4 nitrogen and oxygen atoms in total. The lowest BCUT2D eigenvalue weighted by atomic mass is 10.3. The van der Waals surface area contributed by atoms with Gasteiger partial charge in [0.1, 0.15) is 4.90 Å². The van der Waals surface area contributed by atoms with Crippen molar-refractivity contribution in [2.45, 2.75) is 17.4 Å². The highest BCUT2D eigenvalue weighted by molar-refractivity contribution is 7.89. The zero-order valence-corrected chi connectivity index (χ0v) is 12.5. The molecule has 8 heteroatoms. The van der Waals surface area contributed by atoms with E-state index in [4.69, 9.17) is 23.2 Å². The van der Waals surface area contributed by atoms with Gasteiger partial charge in [-0.1, -0.05) is 23.2 Å². The highest BCUT2D eigenvalue weighted by Gasteiger charge is 2.34. The molecule has 0 amide bonds. The minimum absolute atomic E-state index is 0.102. The summed E-state index contributed by atoms with van der Waals surface area (Å²) < 4.78 is 39.7. The minimum Gasteiger partial charge on any atom is -0.316 e. The number of hydrogen-bond acceptors (Lipinski definition) is 3. The van der Waals surface area contributed by atoms with Gasteiger partial charge in [0.25, 0.3) is 0 Å². The molecule has 0 aliphatic carbocycles. The number of hydrogen-bond donors (Lipinski definition) is 1. The first-order valence-electron chi connectivity index (χ1n) is 5.69. The fourth-order valence-electron chi connectivity index (χ4n) is 2.03. The first-order valence-corrected chi connectivity index (χ1v) is 7.88. The highest BCUT2D eigenvalue weighted by atomic mass is 35.5. The Balaban J connectivity index is 2.38. The van der Waals surface area contributed by atoms with Crippen LogP contribution in [0.1, 0.15) is 6.42 Å².